The normalized spacial score (nSPS) is 17.2. The fraction of sp³-hybridized carbons (Fsp3) is 0.333. The smallest absolute Gasteiger partial charge is 0.121 e. The summed E-state index contributed by atoms with van der Waals surface area (Å²) in [5.74, 6) is 0.925. The van der Waals surface area contributed by atoms with Gasteiger partial charge in [0.1, 0.15) is 12.4 Å². The van der Waals surface area contributed by atoms with E-state index in [1.807, 2.05) is 18.2 Å². The Kier molecular flexibility index (Phi) is 4.03. The van der Waals surface area contributed by atoms with Crippen molar-refractivity contribution < 1.29 is 4.74 Å². The van der Waals surface area contributed by atoms with Crippen LogP contribution in [0.25, 0.3) is 10.9 Å². The molecule has 0 bridgehead atoms. The molecule has 3 aromatic rings. The highest BCUT2D eigenvalue weighted by atomic mass is 16.5. The Bertz CT molecular complexity index is 836. The maximum Gasteiger partial charge on any atom is 0.121 e. The van der Waals surface area contributed by atoms with Gasteiger partial charge in [-0.15, -0.1) is 0 Å². The van der Waals surface area contributed by atoms with Crippen LogP contribution in [-0.4, -0.2) is 30.0 Å². The molecule has 0 saturated heterocycles. The first kappa shape index (κ1) is 15.3. The van der Waals surface area contributed by atoms with Gasteiger partial charge < -0.3 is 14.6 Å². The molecule has 1 aliphatic rings. The monoisotopic (exact) mass is 320 g/mol. The molecule has 0 saturated carbocycles. The highest BCUT2D eigenvalue weighted by Crippen LogP contribution is 2.32. The first-order chi connectivity index (χ1) is 11.7. The Hall–Kier alpha value is -2.26. The highest BCUT2D eigenvalue weighted by molar-refractivity contribution is 5.86. The summed E-state index contributed by atoms with van der Waals surface area (Å²) in [6.45, 7) is 0.607. The van der Waals surface area contributed by atoms with Gasteiger partial charge in [0.2, 0.25) is 0 Å². The van der Waals surface area contributed by atoms with Gasteiger partial charge in [0.25, 0.3) is 0 Å². The number of nitrogens with one attached hydrogen (secondary N) is 1. The molecule has 4 rings (SSSR count). The molecule has 1 atom stereocenters. The minimum Gasteiger partial charge on any atom is -0.489 e. The molecular formula is C21H24N2O. The summed E-state index contributed by atoms with van der Waals surface area (Å²) in [4.78, 5) is 5.96. The molecule has 0 spiro atoms. The van der Waals surface area contributed by atoms with E-state index in [1.165, 1.54) is 34.1 Å². The van der Waals surface area contributed by atoms with E-state index in [0.717, 1.165) is 18.6 Å². The standard InChI is InChI=1S/C21H24N2O/c1-23(2)16-8-11-20-19(12-16)18-10-9-17(13-21(18)22-20)24-14-15-6-4-3-5-7-15/h3-7,9-10,13,16,22H,8,11-12,14H2,1-2H3. The van der Waals surface area contributed by atoms with Gasteiger partial charge >= 0.3 is 0 Å². The first-order valence-electron chi connectivity index (χ1n) is 8.67. The van der Waals surface area contributed by atoms with E-state index in [0.29, 0.717) is 12.6 Å². The predicted molar refractivity (Wildman–Crippen MR) is 98.6 cm³/mol. The summed E-state index contributed by atoms with van der Waals surface area (Å²) in [5.41, 5.74) is 5.29. The lowest BCUT2D eigenvalue weighted by Crippen LogP contribution is -2.33. The molecule has 24 heavy (non-hydrogen) atoms. The molecule has 1 heterocycles. The largest absolute Gasteiger partial charge is 0.489 e. The molecule has 3 heteroatoms. The molecule has 0 amide bonds. The third-order valence-electron chi connectivity index (χ3n) is 5.11. The molecule has 124 valence electrons. The van der Waals surface area contributed by atoms with Crippen LogP contribution in [0.15, 0.2) is 48.5 Å². The van der Waals surface area contributed by atoms with E-state index in [9.17, 15) is 0 Å². The van der Waals surface area contributed by atoms with Crippen molar-refractivity contribution in [2.24, 2.45) is 0 Å². The summed E-state index contributed by atoms with van der Waals surface area (Å²) in [6.07, 6.45) is 3.49. The molecule has 0 fully saturated rings. The van der Waals surface area contributed by atoms with E-state index in [4.69, 9.17) is 4.74 Å². The van der Waals surface area contributed by atoms with Crippen LogP contribution in [0, 0.1) is 0 Å². The second-order valence-electron chi connectivity index (χ2n) is 6.92. The highest BCUT2D eigenvalue weighted by Gasteiger charge is 2.23. The van der Waals surface area contributed by atoms with Gasteiger partial charge in [0.05, 0.1) is 0 Å². The zero-order chi connectivity index (χ0) is 16.5. The number of hydrogen-bond donors (Lipinski definition) is 1. The second-order valence-corrected chi connectivity index (χ2v) is 6.92. The van der Waals surface area contributed by atoms with Gasteiger partial charge in [-0.05, 0) is 56.6 Å². The number of hydrogen-bond acceptors (Lipinski definition) is 2. The third-order valence-corrected chi connectivity index (χ3v) is 5.11. The van der Waals surface area contributed by atoms with Crippen molar-refractivity contribution in [3.8, 4) is 5.75 Å². The van der Waals surface area contributed by atoms with E-state index in [-0.39, 0.29) is 0 Å². The molecule has 1 aliphatic carbocycles. The number of benzene rings is 2. The number of rotatable bonds is 4. The number of nitrogens with zero attached hydrogens (tertiary/aromatic N) is 1. The predicted octanol–water partition coefficient (Wildman–Crippen LogP) is 4.17. The zero-order valence-electron chi connectivity index (χ0n) is 14.4. The van der Waals surface area contributed by atoms with Crippen LogP contribution in [0.1, 0.15) is 23.2 Å². The van der Waals surface area contributed by atoms with Crippen molar-refractivity contribution in [1.29, 1.82) is 0 Å². The number of aromatic nitrogens is 1. The minimum absolute atomic E-state index is 0.607. The van der Waals surface area contributed by atoms with Crippen LogP contribution in [0.4, 0.5) is 0 Å². The number of fused-ring (bicyclic) bond motifs is 3. The lowest BCUT2D eigenvalue weighted by molar-refractivity contribution is 0.268. The topological polar surface area (TPSA) is 28.3 Å². The van der Waals surface area contributed by atoms with Gasteiger partial charge in [-0.3, -0.25) is 0 Å². The van der Waals surface area contributed by atoms with Crippen molar-refractivity contribution in [3.63, 3.8) is 0 Å². The number of H-pyrrole nitrogens is 1. The Morgan fingerprint density at radius 1 is 1.12 bits per heavy atom. The van der Waals surface area contributed by atoms with Crippen molar-refractivity contribution >= 4 is 10.9 Å². The Morgan fingerprint density at radius 3 is 2.75 bits per heavy atom. The van der Waals surface area contributed by atoms with E-state index in [2.05, 4.69) is 54.3 Å². The summed E-state index contributed by atoms with van der Waals surface area (Å²) in [6, 6.07) is 17.4. The maximum absolute atomic E-state index is 5.96. The van der Waals surface area contributed by atoms with Crippen LogP contribution in [0.2, 0.25) is 0 Å². The van der Waals surface area contributed by atoms with Crippen molar-refractivity contribution in [2.75, 3.05) is 14.1 Å². The first-order valence-corrected chi connectivity index (χ1v) is 8.67. The van der Waals surface area contributed by atoms with Crippen molar-refractivity contribution in [2.45, 2.75) is 31.9 Å². The van der Waals surface area contributed by atoms with Crippen LogP contribution < -0.4 is 4.74 Å². The van der Waals surface area contributed by atoms with Gasteiger partial charge in [0, 0.05) is 28.7 Å². The van der Waals surface area contributed by atoms with Gasteiger partial charge in [-0.25, -0.2) is 0 Å². The number of aryl methyl sites for hydroxylation is 1. The molecule has 3 nitrogen and oxygen atoms in total. The van der Waals surface area contributed by atoms with Gasteiger partial charge in [0.15, 0.2) is 0 Å². The third kappa shape index (κ3) is 2.92. The maximum atomic E-state index is 5.96. The molecular weight excluding hydrogens is 296 g/mol. The SMILES string of the molecule is CN(C)C1CCc2[nH]c3cc(OCc4ccccc4)ccc3c2C1. The van der Waals surface area contributed by atoms with Crippen LogP contribution in [0.5, 0.6) is 5.75 Å². The lowest BCUT2D eigenvalue weighted by atomic mass is 9.91. The van der Waals surface area contributed by atoms with Gasteiger partial charge in [-0.2, -0.15) is 0 Å². The number of aromatic amines is 1. The molecule has 1 N–H and O–H groups in total. The molecule has 0 aliphatic heterocycles. The Morgan fingerprint density at radius 2 is 1.96 bits per heavy atom. The average Bonchev–Trinajstić information content (AvgIpc) is 2.97. The summed E-state index contributed by atoms with van der Waals surface area (Å²) >= 11 is 0. The molecule has 1 aromatic heterocycles. The van der Waals surface area contributed by atoms with Gasteiger partial charge in [-0.1, -0.05) is 30.3 Å². The van der Waals surface area contributed by atoms with Crippen LogP contribution in [0.3, 0.4) is 0 Å². The fourth-order valence-electron chi connectivity index (χ4n) is 3.66. The van der Waals surface area contributed by atoms with E-state index in [1.54, 1.807) is 0 Å². The Labute approximate surface area is 143 Å². The van der Waals surface area contributed by atoms with E-state index < -0.39 is 0 Å². The summed E-state index contributed by atoms with van der Waals surface area (Å²) in [7, 11) is 4.36. The van der Waals surface area contributed by atoms with Crippen molar-refractivity contribution in [3.05, 3.63) is 65.4 Å². The second kappa shape index (κ2) is 6.33. The molecule has 1 unspecified atom stereocenters. The van der Waals surface area contributed by atoms with Crippen LogP contribution >= 0.6 is 0 Å². The zero-order valence-corrected chi connectivity index (χ0v) is 14.4. The fourth-order valence-corrected chi connectivity index (χ4v) is 3.66. The quantitative estimate of drug-likeness (QED) is 0.781. The lowest BCUT2D eigenvalue weighted by Gasteiger charge is -2.28. The molecule has 2 aromatic carbocycles. The minimum atomic E-state index is 0.607. The number of likely N-dealkylation sites (N-methyl/N-ethyl adjacent to an activating group) is 1. The Balaban J connectivity index is 1.56. The average molecular weight is 320 g/mol. The summed E-state index contributed by atoms with van der Waals surface area (Å²) in [5, 5.41) is 1.35. The van der Waals surface area contributed by atoms with E-state index >= 15 is 0 Å². The van der Waals surface area contributed by atoms with Crippen molar-refractivity contribution in [1.82, 2.24) is 9.88 Å². The summed E-state index contributed by atoms with van der Waals surface area (Å²) < 4.78 is 5.96. The molecule has 0 radical (unpaired) electrons. The van der Waals surface area contributed by atoms with Crippen LogP contribution in [-0.2, 0) is 19.4 Å². The number of ether oxygens (including phenoxy) is 1.